The molecule has 10 nitrogen and oxygen atoms in total. The molecule has 0 aromatic carbocycles. The second-order valence-electron chi connectivity index (χ2n) is 8.11. The van der Waals surface area contributed by atoms with Gasteiger partial charge >= 0.3 is 6.09 Å². The molecule has 3 N–H and O–H groups in total. The van der Waals surface area contributed by atoms with E-state index in [-0.39, 0.29) is 6.10 Å². The van der Waals surface area contributed by atoms with E-state index in [9.17, 15) is 4.79 Å². The van der Waals surface area contributed by atoms with E-state index in [0.717, 1.165) is 37.5 Å². The van der Waals surface area contributed by atoms with Gasteiger partial charge in [0.15, 0.2) is 11.8 Å². The van der Waals surface area contributed by atoms with Crippen LogP contribution in [0, 0.1) is 6.92 Å². The minimum absolute atomic E-state index is 0.216. The van der Waals surface area contributed by atoms with Crippen LogP contribution < -0.4 is 16.0 Å². The first kappa shape index (κ1) is 22.9. The number of nitrogens with one attached hydrogen (secondary N) is 3. The van der Waals surface area contributed by atoms with Gasteiger partial charge in [0.1, 0.15) is 18.0 Å². The molecule has 0 spiro atoms. The van der Waals surface area contributed by atoms with Crippen LogP contribution in [0.5, 0.6) is 0 Å². The van der Waals surface area contributed by atoms with Crippen molar-refractivity contribution in [3.05, 3.63) is 11.6 Å². The van der Waals surface area contributed by atoms with Gasteiger partial charge in [0.05, 0.1) is 6.10 Å². The Kier molecular flexibility index (Phi) is 8.69. The number of guanidine groups is 1. The zero-order valence-corrected chi connectivity index (χ0v) is 18.2. The summed E-state index contributed by atoms with van der Waals surface area (Å²) in [7, 11) is 1.93. The van der Waals surface area contributed by atoms with Crippen LogP contribution in [0.15, 0.2) is 4.99 Å². The monoisotopic (exact) mass is 409 g/mol. The maximum Gasteiger partial charge on any atom is 0.407 e. The Morgan fingerprint density at radius 1 is 1.28 bits per heavy atom. The zero-order valence-electron chi connectivity index (χ0n) is 18.2. The Bertz CT molecular complexity index is 676. The number of aliphatic imine (C=N–C) groups is 1. The van der Waals surface area contributed by atoms with Crippen molar-refractivity contribution < 1.29 is 14.3 Å². The number of nitrogens with zero attached hydrogens (tertiary/aromatic N) is 4. The summed E-state index contributed by atoms with van der Waals surface area (Å²) in [6, 6.07) is 0. The Morgan fingerprint density at radius 3 is 2.66 bits per heavy atom. The van der Waals surface area contributed by atoms with E-state index in [1.54, 1.807) is 0 Å². The van der Waals surface area contributed by atoms with Crippen molar-refractivity contribution in [1.82, 2.24) is 30.7 Å². The molecule has 1 atom stereocenters. The number of alkyl carbamates (subject to hydrolysis) is 1. The summed E-state index contributed by atoms with van der Waals surface area (Å²) in [4.78, 5) is 16.3. The lowest BCUT2D eigenvalue weighted by Crippen LogP contribution is -2.42. The quantitative estimate of drug-likeness (QED) is 0.336. The summed E-state index contributed by atoms with van der Waals surface area (Å²) in [5.41, 5.74) is -0.493. The van der Waals surface area contributed by atoms with Gasteiger partial charge in [0.25, 0.3) is 0 Å². The fraction of sp³-hybridized carbons (Fsp3) is 0.789. The van der Waals surface area contributed by atoms with Crippen LogP contribution in [0.2, 0.25) is 0 Å². The van der Waals surface area contributed by atoms with Crippen molar-refractivity contribution in [3.63, 3.8) is 0 Å². The third-order valence-corrected chi connectivity index (χ3v) is 4.40. The SMILES string of the molecule is Cc1nnc(CN=C(NCCCNC(=O)OC(C)(C)C)NCC2CCCO2)n1C. The molecule has 0 bridgehead atoms. The molecular formula is C19H35N7O3. The molecule has 0 saturated carbocycles. The van der Waals surface area contributed by atoms with Gasteiger partial charge in [-0.1, -0.05) is 0 Å². The van der Waals surface area contributed by atoms with Crippen molar-refractivity contribution in [1.29, 1.82) is 0 Å². The third-order valence-electron chi connectivity index (χ3n) is 4.40. The van der Waals surface area contributed by atoms with Gasteiger partial charge in [0, 0.05) is 33.3 Å². The highest BCUT2D eigenvalue weighted by atomic mass is 16.6. The second-order valence-corrected chi connectivity index (χ2v) is 8.11. The van der Waals surface area contributed by atoms with Gasteiger partial charge in [-0.3, -0.25) is 0 Å². The maximum atomic E-state index is 11.7. The molecule has 0 aliphatic carbocycles. The van der Waals surface area contributed by atoms with Gasteiger partial charge in [-0.2, -0.15) is 0 Å². The normalized spacial score (nSPS) is 17.3. The summed E-state index contributed by atoms with van der Waals surface area (Å²) in [5.74, 6) is 2.34. The van der Waals surface area contributed by atoms with Crippen LogP contribution in [-0.2, 0) is 23.1 Å². The van der Waals surface area contributed by atoms with E-state index >= 15 is 0 Å². The lowest BCUT2D eigenvalue weighted by molar-refractivity contribution is 0.0527. The van der Waals surface area contributed by atoms with E-state index < -0.39 is 11.7 Å². The Labute approximate surface area is 172 Å². The van der Waals surface area contributed by atoms with Gasteiger partial charge < -0.3 is 30.0 Å². The molecule has 1 amide bonds. The maximum absolute atomic E-state index is 11.7. The summed E-state index contributed by atoms with van der Waals surface area (Å²) < 4.78 is 12.8. The smallest absolute Gasteiger partial charge is 0.407 e. The number of carbonyl (C=O) groups excluding carboxylic acids is 1. The van der Waals surface area contributed by atoms with Gasteiger partial charge in [0.2, 0.25) is 0 Å². The van der Waals surface area contributed by atoms with Crippen LogP contribution in [0.25, 0.3) is 0 Å². The van der Waals surface area contributed by atoms with Crippen molar-refractivity contribution in [3.8, 4) is 0 Å². The lowest BCUT2D eigenvalue weighted by atomic mass is 10.2. The number of ether oxygens (including phenoxy) is 2. The highest BCUT2D eigenvalue weighted by Gasteiger charge is 2.16. The number of hydrogen-bond acceptors (Lipinski definition) is 6. The molecular weight excluding hydrogens is 374 g/mol. The fourth-order valence-electron chi connectivity index (χ4n) is 2.73. The number of rotatable bonds is 8. The van der Waals surface area contributed by atoms with E-state index in [4.69, 9.17) is 9.47 Å². The largest absolute Gasteiger partial charge is 0.444 e. The molecule has 1 aromatic heterocycles. The highest BCUT2D eigenvalue weighted by molar-refractivity contribution is 5.79. The molecule has 1 saturated heterocycles. The third kappa shape index (κ3) is 8.68. The summed E-state index contributed by atoms with van der Waals surface area (Å²) >= 11 is 0. The molecule has 1 aliphatic rings. The first-order chi connectivity index (χ1) is 13.7. The first-order valence-corrected chi connectivity index (χ1v) is 10.2. The standard InChI is InChI=1S/C19H35N7O3/c1-14-24-25-16(26(14)5)13-23-17(22-12-15-8-6-11-28-15)20-9-7-10-21-18(27)29-19(2,3)4/h15H,6-13H2,1-5H3,(H,21,27)(H2,20,22,23). The number of aromatic nitrogens is 3. The number of aryl methyl sites for hydroxylation is 1. The van der Waals surface area contributed by atoms with Crippen LogP contribution in [0.4, 0.5) is 4.79 Å². The topological polar surface area (TPSA) is 115 Å². The first-order valence-electron chi connectivity index (χ1n) is 10.2. The van der Waals surface area contributed by atoms with E-state index in [2.05, 4.69) is 31.1 Å². The van der Waals surface area contributed by atoms with Gasteiger partial charge in [-0.25, -0.2) is 9.79 Å². The van der Waals surface area contributed by atoms with Gasteiger partial charge in [-0.15, -0.1) is 10.2 Å². The van der Waals surface area contributed by atoms with Crippen LogP contribution in [0.3, 0.4) is 0 Å². The van der Waals surface area contributed by atoms with Gasteiger partial charge in [-0.05, 0) is 47.0 Å². The average Bonchev–Trinajstić information content (AvgIpc) is 3.26. The predicted octanol–water partition coefficient (Wildman–Crippen LogP) is 1.25. The minimum Gasteiger partial charge on any atom is -0.444 e. The fourth-order valence-corrected chi connectivity index (χ4v) is 2.73. The molecule has 1 aromatic rings. The Hall–Kier alpha value is -2.36. The molecule has 10 heteroatoms. The minimum atomic E-state index is -0.493. The van der Waals surface area contributed by atoms with E-state index in [1.165, 1.54) is 0 Å². The van der Waals surface area contributed by atoms with Crippen molar-refractivity contribution in [2.75, 3.05) is 26.2 Å². The van der Waals surface area contributed by atoms with E-state index in [0.29, 0.717) is 32.1 Å². The average molecular weight is 410 g/mol. The summed E-state index contributed by atoms with van der Waals surface area (Å²) in [6.07, 6.45) is 2.71. The predicted molar refractivity (Wildman–Crippen MR) is 111 cm³/mol. The highest BCUT2D eigenvalue weighted by Crippen LogP contribution is 2.10. The molecule has 1 aliphatic heterocycles. The van der Waals surface area contributed by atoms with E-state index in [1.807, 2.05) is 39.3 Å². The molecule has 2 heterocycles. The number of hydrogen-bond donors (Lipinski definition) is 3. The van der Waals surface area contributed by atoms with Crippen molar-refractivity contribution >= 4 is 12.1 Å². The summed E-state index contributed by atoms with van der Waals surface area (Å²) in [5, 5.41) is 17.6. The number of carbonyl (C=O) groups is 1. The molecule has 0 radical (unpaired) electrons. The number of amides is 1. The summed E-state index contributed by atoms with van der Waals surface area (Å²) in [6.45, 7) is 10.6. The Balaban J connectivity index is 1.78. The van der Waals surface area contributed by atoms with Crippen molar-refractivity contribution in [2.45, 2.75) is 65.2 Å². The molecule has 2 rings (SSSR count). The molecule has 1 unspecified atom stereocenters. The van der Waals surface area contributed by atoms with Crippen LogP contribution >= 0.6 is 0 Å². The zero-order chi connectivity index (χ0) is 21.3. The molecule has 1 fully saturated rings. The van der Waals surface area contributed by atoms with Crippen LogP contribution in [0.1, 0.15) is 51.7 Å². The van der Waals surface area contributed by atoms with Crippen molar-refractivity contribution in [2.24, 2.45) is 12.0 Å². The second kappa shape index (κ2) is 11.0. The lowest BCUT2D eigenvalue weighted by Gasteiger charge is -2.19. The molecule has 164 valence electrons. The van der Waals surface area contributed by atoms with Crippen LogP contribution in [-0.4, -0.2) is 64.8 Å². The molecule has 29 heavy (non-hydrogen) atoms. The Morgan fingerprint density at radius 2 is 2.03 bits per heavy atom.